The van der Waals surface area contributed by atoms with E-state index in [1.54, 1.807) is 17.8 Å². The molecule has 0 bridgehead atoms. The Kier molecular flexibility index (Phi) is 4.03. The van der Waals surface area contributed by atoms with Crippen molar-refractivity contribution in [2.45, 2.75) is 48.4 Å². The summed E-state index contributed by atoms with van der Waals surface area (Å²) in [7, 11) is 0. The summed E-state index contributed by atoms with van der Waals surface area (Å²) in [6, 6.07) is 5.98. The van der Waals surface area contributed by atoms with Crippen LogP contribution in [0, 0.1) is 0 Å². The van der Waals surface area contributed by atoms with Gasteiger partial charge in [0.1, 0.15) is 0 Å². The topological polar surface area (TPSA) is 62.6 Å². The zero-order valence-electron chi connectivity index (χ0n) is 13.1. The lowest BCUT2D eigenvalue weighted by atomic mass is 10.1. The van der Waals surface area contributed by atoms with E-state index in [9.17, 15) is 9.59 Å². The van der Waals surface area contributed by atoms with E-state index >= 15 is 0 Å². The summed E-state index contributed by atoms with van der Waals surface area (Å²) in [6.07, 6.45) is 5.82. The summed E-state index contributed by atoms with van der Waals surface area (Å²) in [6.45, 7) is 2.14. The largest absolute Gasteiger partial charge is 0.349 e. The maximum atomic E-state index is 12.5. The molecule has 23 heavy (non-hydrogen) atoms. The average Bonchev–Trinajstić information content (AvgIpc) is 3.38. The van der Waals surface area contributed by atoms with Gasteiger partial charge in [0.05, 0.1) is 18.8 Å². The van der Waals surface area contributed by atoms with Gasteiger partial charge in [0.25, 0.3) is 11.8 Å². The first-order valence-corrected chi connectivity index (χ1v) is 9.36. The summed E-state index contributed by atoms with van der Waals surface area (Å²) in [5.41, 5.74) is 1.40. The molecule has 0 aromatic heterocycles. The molecule has 1 aromatic carbocycles. The Labute approximate surface area is 140 Å². The Morgan fingerprint density at radius 1 is 1.22 bits per heavy atom. The highest BCUT2D eigenvalue weighted by Crippen LogP contribution is 2.34. The van der Waals surface area contributed by atoms with Crippen molar-refractivity contribution < 1.29 is 14.5 Å². The molecule has 0 spiro atoms. The molecule has 3 aliphatic rings. The smallest absolute Gasteiger partial charge is 0.294 e. The number of hydrogen-bond acceptors (Lipinski definition) is 3. The first-order valence-electron chi connectivity index (χ1n) is 8.48. The number of anilines is 1. The van der Waals surface area contributed by atoms with Crippen LogP contribution in [0.25, 0.3) is 0 Å². The van der Waals surface area contributed by atoms with Gasteiger partial charge in [-0.25, -0.2) is 0 Å². The number of carbonyl (C=O) groups is 2. The Hall–Kier alpha value is -1.53. The summed E-state index contributed by atoms with van der Waals surface area (Å²) >= 11 is 1.64. The number of likely N-dealkylation sites (tertiary alicyclic amines) is 1. The van der Waals surface area contributed by atoms with E-state index in [-0.39, 0.29) is 17.2 Å². The van der Waals surface area contributed by atoms with E-state index < -0.39 is 0 Å². The van der Waals surface area contributed by atoms with Crippen molar-refractivity contribution in [3.8, 4) is 0 Å². The second-order valence-corrected chi connectivity index (χ2v) is 7.81. The van der Waals surface area contributed by atoms with Crippen molar-refractivity contribution in [3.63, 3.8) is 0 Å². The molecule has 6 heteroatoms. The lowest BCUT2D eigenvalue weighted by Crippen LogP contribution is -3.17. The molecule has 1 saturated heterocycles. The summed E-state index contributed by atoms with van der Waals surface area (Å²) in [5.74, 6) is 0.0254. The van der Waals surface area contributed by atoms with Crippen LogP contribution in [0.5, 0.6) is 0 Å². The number of carbonyl (C=O) groups excluding carboxylic acids is 2. The number of thioether (sulfide) groups is 1. The molecule has 1 saturated carbocycles. The average molecular weight is 332 g/mol. The van der Waals surface area contributed by atoms with Crippen LogP contribution in [0.1, 0.15) is 42.5 Å². The van der Waals surface area contributed by atoms with Gasteiger partial charge < -0.3 is 15.5 Å². The third-order valence-electron chi connectivity index (χ3n) is 4.76. The highest BCUT2D eigenvalue weighted by Gasteiger charge is 2.36. The van der Waals surface area contributed by atoms with Crippen LogP contribution in [0.15, 0.2) is 23.1 Å². The van der Waals surface area contributed by atoms with Gasteiger partial charge in [0.15, 0.2) is 0 Å². The molecule has 5 nitrogen and oxygen atoms in total. The fourth-order valence-corrected chi connectivity index (χ4v) is 4.49. The molecule has 1 unspecified atom stereocenters. The molecule has 1 aromatic rings. The van der Waals surface area contributed by atoms with Crippen LogP contribution >= 0.6 is 11.8 Å². The quantitative estimate of drug-likeness (QED) is 0.774. The number of hydrogen-bond donors (Lipinski definition) is 3. The zero-order chi connectivity index (χ0) is 15.8. The van der Waals surface area contributed by atoms with Gasteiger partial charge in [-0.15, -0.1) is 0 Å². The SMILES string of the molecule is O=C(NC1CC1)c1ccc2c(c1)NC(=O)C([NH+]1CCCCC1)S2. The first kappa shape index (κ1) is 15.0. The van der Waals surface area contributed by atoms with E-state index in [0.717, 1.165) is 36.5 Å². The van der Waals surface area contributed by atoms with Crippen LogP contribution < -0.4 is 15.5 Å². The number of benzene rings is 1. The van der Waals surface area contributed by atoms with E-state index in [0.29, 0.717) is 11.6 Å². The van der Waals surface area contributed by atoms with E-state index in [4.69, 9.17) is 0 Å². The predicted molar refractivity (Wildman–Crippen MR) is 89.8 cm³/mol. The molecule has 2 amide bonds. The number of rotatable bonds is 3. The number of nitrogens with one attached hydrogen (secondary N) is 3. The molecule has 2 fully saturated rings. The van der Waals surface area contributed by atoms with Gasteiger partial charge in [0, 0.05) is 16.5 Å². The highest BCUT2D eigenvalue weighted by molar-refractivity contribution is 8.00. The third-order valence-corrected chi connectivity index (χ3v) is 6.15. The molecular formula is C17H22N3O2S+. The Morgan fingerprint density at radius 3 is 2.74 bits per heavy atom. The van der Waals surface area contributed by atoms with Gasteiger partial charge in [-0.2, -0.15) is 0 Å². The number of amides is 2. The van der Waals surface area contributed by atoms with Crippen molar-refractivity contribution in [2.75, 3.05) is 18.4 Å². The van der Waals surface area contributed by atoms with Crippen LogP contribution in [0.3, 0.4) is 0 Å². The molecule has 2 aliphatic heterocycles. The van der Waals surface area contributed by atoms with Gasteiger partial charge in [-0.3, -0.25) is 9.59 Å². The molecule has 1 atom stereocenters. The minimum absolute atomic E-state index is 0.0432. The van der Waals surface area contributed by atoms with Crippen LogP contribution in [-0.2, 0) is 4.79 Å². The van der Waals surface area contributed by atoms with Gasteiger partial charge in [0.2, 0.25) is 5.37 Å². The van der Waals surface area contributed by atoms with Crippen molar-refractivity contribution in [1.29, 1.82) is 0 Å². The standard InChI is InChI=1S/C17H21N3O2S/c21-15(18-12-5-6-12)11-4-7-14-13(10-11)19-16(22)17(23-14)20-8-2-1-3-9-20/h4,7,10,12,17H,1-3,5-6,8-9H2,(H,18,21)(H,19,22)/p+1. The minimum atomic E-state index is -0.0612. The van der Waals surface area contributed by atoms with E-state index in [1.807, 2.05) is 12.1 Å². The van der Waals surface area contributed by atoms with Gasteiger partial charge in [-0.05, 0) is 50.3 Å². The lowest BCUT2D eigenvalue weighted by molar-refractivity contribution is -0.906. The van der Waals surface area contributed by atoms with Crippen LogP contribution in [-0.4, -0.2) is 36.3 Å². The number of quaternary nitrogens is 1. The van der Waals surface area contributed by atoms with Crippen LogP contribution in [0.2, 0.25) is 0 Å². The Balaban J connectivity index is 1.51. The maximum absolute atomic E-state index is 12.5. The van der Waals surface area contributed by atoms with E-state index in [2.05, 4.69) is 10.6 Å². The fraction of sp³-hybridized carbons (Fsp3) is 0.529. The van der Waals surface area contributed by atoms with Gasteiger partial charge in [-0.1, -0.05) is 11.8 Å². The Bertz CT molecular complexity index is 639. The summed E-state index contributed by atoms with van der Waals surface area (Å²) < 4.78 is 0. The molecular weight excluding hydrogens is 310 g/mol. The molecule has 0 radical (unpaired) electrons. The van der Waals surface area contributed by atoms with Crippen molar-refractivity contribution in [1.82, 2.24) is 5.32 Å². The predicted octanol–water partition coefficient (Wildman–Crippen LogP) is 1.02. The highest BCUT2D eigenvalue weighted by atomic mass is 32.2. The second-order valence-electron chi connectivity index (χ2n) is 6.66. The normalized spacial score (nSPS) is 24.7. The summed E-state index contributed by atoms with van der Waals surface area (Å²) in [5, 5.41) is 5.94. The van der Waals surface area contributed by atoms with Crippen LogP contribution in [0.4, 0.5) is 5.69 Å². The zero-order valence-corrected chi connectivity index (χ0v) is 13.9. The van der Waals surface area contributed by atoms with Crippen molar-refractivity contribution in [2.24, 2.45) is 0 Å². The second kappa shape index (κ2) is 6.17. The minimum Gasteiger partial charge on any atom is -0.349 e. The van der Waals surface area contributed by atoms with E-state index in [1.165, 1.54) is 24.2 Å². The third kappa shape index (κ3) is 3.23. The monoisotopic (exact) mass is 332 g/mol. The molecule has 122 valence electrons. The van der Waals surface area contributed by atoms with Crippen molar-refractivity contribution >= 4 is 29.3 Å². The Morgan fingerprint density at radius 2 is 2.00 bits per heavy atom. The molecule has 2 heterocycles. The van der Waals surface area contributed by atoms with Crippen molar-refractivity contribution in [3.05, 3.63) is 23.8 Å². The molecule has 4 rings (SSSR count). The number of fused-ring (bicyclic) bond motifs is 1. The first-order chi connectivity index (χ1) is 11.2. The summed E-state index contributed by atoms with van der Waals surface area (Å²) in [4.78, 5) is 27.1. The molecule has 1 aliphatic carbocycles. The lowest BCUT2D eigenvalue weighted by Gasteiger charge is -2.33. The fourth-order valence-electron chi connectivity index (χ4n) is 3.28. The maximum Gasteiger partial charge on any atom is 0.294 e. The number of piperidine rings is 1. The molecule has 3 N–H and O–H groups in total. The van der Waals surface area contributed by atoms with Gasteiger partial charge >= 0.3 is 0 Å².